The third kappa shape index (κ3) is 4.39. The molecule has 168 valence electrons. The molecule has 1 saturated heterocycles. The summed E-state index contributed by atoms with van der Waals surface area (Å²) in [6.45, 7) is 0.151. The van der Waals surface area contributed by atoms with E-state index < -0.39 is 30.2 Å². The normalized spacial score (nSPS) is 26.1. The highest BCUT2D eigenvalue weighted by Gasteiger charge is 2.46. The number of aliphatic hydroxyl groups excluding tert-OH is 2. The maximum absolute atomic E-state index is 10.2. The molecule has 1 unspecified atom stereocenters. The standard InChI is InChI=1S/C26H27BrO5/c1-30-24-22(27)21(32-25(29)23(24)28)17-31-26(18-11-5-2-6-12-18,19-13-7-3-8-14-19)20-15-9-4-10-16-20/h2-16,21-25,28-29H,17H2,1H3/t21-,22-,23?,24+,25+/m0/s1. The number of aliphatic hydroxyl groups is 2. The second kappa shape index (κ2) is 10.3. The lowest BCUT2D eigenvalue weighted by Crippen LogP contribution is -2.57. The number of halogens is 1. The summed E-state index contributed by atoms with van der Waals surface area (Å²) in [5, 5.41) is 20.4. The van der Waals surface area contributed by atoms with Crippen LogP contribution in [0.25, 0.3) is 0 Å². The molecule has 5 atom stereocenters. The Kier molecular flexibility index (Phi) is 7.40. The van der Waals surface area contributed by atoms with Crippen molar-refractivity contribution in [2.45, 2.75) is 35.0 Å². The van der Waals surface area contributed by atoms with Crippen molar-refractivity contribution in [3.8, 4) is 0 Å². The zero-order chi connectivity index (χ0) is 22.6. The highest BCUT2D eigenvalue weighted by atomic mass is 79.9. The maximum Gasteiger partial charge on any atom is 0.183 e. The number of alkyl halides is 1. The number of rotatable bonds is 7. The van der Waals surface area contributed by atoms with Gasteiger partial charge in [0, 0.05) is 7.11 Å². The van der Waals surface area contributed by atoms with Gasteiger partial charge in [-0.05, 0) is 16.7 Å². The molecule has 0 spiro atoms. The van der Waals surface area contributed by atoms with Crippen molar-refractivity contribution in [1.29, 1.82) is 0 Å². The van der Waals surface area contributed by atoms with Gasteiger partial charge in [0.15, 0.2) is 6.29 Å². The monoisotopic (exact) mass is 498 g/mol. The van der Waals surface area contributed by atoms with Crippen LogP contribution in [0.3, 0.4) is 0 Å². The molecule has 3 aromatic carbocycles. The number of methoxy groups -OCH3 is 1. The summed E-state index contributed by atoms with van der Waals surface area (Å²) in [5.74, 6) is 0. The summed E-state index contributed by atoms with van der Waals surface area (Å²) in [5.41, 5.74) is 2.03. The maximum atomic E-state index is 10.2. The molecular formula is C26H27BrO5. The molecule has 0 radical (unpaired) electrons. The van der Waals surface area contributed by atoms with Gasteiger partial charge >= 0.3 is 0 Å². The average Bonchev–Trinajstić information content (AvgIpc) is 2.85. The van der Waals surface area contributed by atoms with Gasteiger partial charge in [0.2, 0.25) is 0 Å². The number of ether oxygens (including phenoxy) is 3. The molecule has 0 aliphatic carbocycles. The molecule has 32 heavy (non-hydrogen) atoms. The van der Waals surface area contributed by atoms with Gasteiger partial charge in [-0.1, -0.05) is 107 Å². The molecule has 1 aliphatic rings. The predicted octanol–water partition coefficient (Wildman–Crippen LogP) is 3.85. The summed E-state index contributed by atoms with van der Waals surface area (Å²) >= 11 is 3.58. The molecule has 2 N–H and O–H groups in total. The lowest BCUT2D eigenvalue weighted by atomic mass is 9.80. The number of hydrogen-bond acceptors (Lipinski definition) is 5. The van der Waals surface area contributed by atoms with Crippen molar-refractivity contribution < 1.29 is 24.4 Å². The molecule has 3 aromatic rings. The average molecular weight is 499 g/mol. The molecule has 5 nitrogen and oxygen atoms in total. The van der Waals surface area contributed by atoms with Crippen molar-refractivity contribution >= 4 is 15.9 Å². The number of benzene rings is 3. The quantitative estimate of drug-likeness (QED) is 0.382. The van der Waals surface area contributed by atoms with Gasteiger partial charge in [-0.15, -0.1) is 0 Å². The molecular weight excluding hydrogens is 472 g/mol. The Hall–Kier alpha value is -2.06. The fourth-order valence-corrected chi connectivity index (χ4v) is 5.08. The van der Waals surface area contributed by atoms with Crippen LogP contribution < -0.4 is 0 Å². The van der Waals surface area contributed by atoms with Crippen LogP contribution in [0.15, 0.2) is 91.0 Å². The molecule has 4 rings (SSSR count). The van der Waals surface area contributed by atoms with Crippen molar-refractivity contribution in [2.24, 2.45) is 0 Å². The van der Waals surface area contributed by atoms with Crippen LogP contribution in [0, 0.1) is 0 Å². The Balaban J connectivity index is 1.77. The minimum absolute atomic E-state index is 0.151. The first-order chi connectivity index (χ1) is 15.6. The van der Waals surface area contributed by atoms with Gasteiger partial charge in [-0.3, -0.25) is 0 Å². The predicted molar refractivity (Wildman–Crippen MR) is 126 cm³/mol. The van der Waals surface area contributed by atoms with Crippen LogP contribution in [0.2, 0.25) is 0 Å². The third-order valence-electron chi connectivity index (χ3n) is 5.89. The second-order valence-electron chi connectivity index (χ2n) is 7.79. The van der Waals surface area contributed by atoms with E-state index >= 15 is 0 Å². The highest BCUT2D eigenvalue weighted by Crippen LogP contribution is 2.41. The molecule has 1 aliphatic heterocycles. The van der Waals surface area contributed by atoms with Crippen LogP contribution >= 0.6 is 15.9 Å². The molecule has 1 fully saturated rings. The van der Waals surface area contributed by atoms with Crippen molar-refractivity contribution in [2.75, 3.05) is 13.7 Å². The Morgan fingerprint density at radius 2 is 1.25 bits per heavy atom. The summed E-state index contributed by atoms with van der Waals surface area (Å²) in [6.07, 6.45) is -3.69. The Bertz CT molecular complexity index is 873. The van der Waals surface area contributed by atoms with Crippen LogP contribution in [0.1, 0.15) is 16.7 Å². The van der Waals surface area contributed by atoms with Crippen LogP contribution in [0.4, 0.5) is 0 Å². The zero-order valence-corrected chi connectivity index (χ0v) is 19.3. The fourth-order valence-electron chi connectivity index (χ4n) is 4.27. The fraction of sp³-hybridized carbons (Fsp3) is 0.308. The minimum atomic E-state index is -1.36. The molecule has 0 bridgehead atoms. The van der Waals surface area contributed by atoms with Crippen LogP contribution in [-0.4, -0.2) is 53.4 Å². The van der Waals surface area contributed by atoms with E-state index in [1.54, 1.807) is 0 Å². The summed E-state index contributed by atoms with van der Waals surface area (Å²) in [7, 11) is 1.50. The SMILES string of the molecule is CO[C@H]1C(O)[C@H](O)O[C@@H](COC(c2ccccc2)(c2ccccc2)c2ccccc2)[C@@H]1Br. The third-order valence-corrected chi connectivity index (χ3v) is 7.00. The molecule has 0 aromatic heterocycles. The van der Waals surface area contributed by atoms with E-state index in [4.69, 9.17) is 14.2 Å². The van der Waals surface area contributed by atoms with Crippen LogP contribution in [-0.2, 0) is 19.8 Å². The van der Waals surface area contributed by atoms with Gasteiger partial charge in [-0.2, -0.15) is 0 Å². The highest BCUT2D eigenvalue weighted by molar-refractivity contribution is 9.09. The van der Waals surface area contributed by atoms with E-state index in [1.807, 2.05) is 91.0 Å². The van der Waals surface area contributed by atoms with Crippen LogP contribution in [0.5, 0.6) is 0 Å². The van der Waals surface area contributed by atoms with Gasteiger partial charge in [0.05, 0.1) is 17.5 Å². The van der Waals surface area contributed by atoms with E-state index in [9.17, 15) is 10.2 Å². The van der Waals surface area contributed by atoms with Gasteiger partial charge < -0.3 is 24.4 Å². The second-order valence-corrected chi connectivity index (χ2v) is 8.85. The van der Waals surface area contributed by atoms with Crippen molar-refractivity contribution in [1.82, 2.24) is 0 Å². The Labute approximate surface area is 196 Å². The molecule has 6 heteroatoms. The van der Waals surface area contributed by atoms with E-state index in [-0.39, 0.29) is 11.4 Å². The first-order valence-corrected chi connectivity index (χ1v) is 11.5. The summed E-state index contributed by atoms with van der Waals surface area (Å²) in [6, 6.07) is 30.1. The molecule has 1 heterocycles. The Morgan fingerprint density at radius 3 is 1.66 bits per heavy atom. The molecule has 0 saturated carbocycles. The zero-order valence-electron chi connectivity index (χ0n) is 17.8. The van der Waals surface area contributed by atoms with Crippen molar-refractivity contribution in [3.05, 3.63) is 108 Å². The van der Waals surface area contributed by atoms with Gasteiger partial charge in [0.1, 0.15) is 17.8 Å². The smallest absolute Gasteiger partial charge is 0.183 e. The van der Waals surface area contributed by atoms with E-state index in [1.165, 1.54) is 7.11 Å². The van der Waals surface area contributed by atoms with E-state index in [0.717, 1.165) is 16.7 Å². The first-order valence-electron chi connectivity index (χ1n) is 10.6. The van der Waals surface area contributed by atoms with Gasteiger partial charge in [-0.25, -0.2) is 0 Å². The minimum Gasteiger partial charge on any atom is -0.385 e. The largest absolute Gasteiger partial charge is 0.385 e. The van der Waals surface area contributed by atoms with Crippen molar-refractivity contribution in [3.63, 3.8) is 0 Å². The summed E-state index contributed by atoms with van der Waals surface area (Å²) in [4.78, 5) is -0.370. The van der Waals surface area contributed by atoms with E-state index in [2.05, 4.69) is 15.9 Å². The topological polar surface area (TPSA) is 68.2 Å². The Morgan fingerprint density at radius 1 is 0.812 bits per heavy atom. The first kappa shape index (κ1) is 23.1. The molecule has 0 amide bonds. The summed E-state index contributed by atoms with van der Waals surface area (Å²) < 4.78 is 17.9. The lowest BCUT2D eigenvalue weighted by molar-refractivity contribution is -0.257. The number of hydrogen-bond donors (Lipinski definition) is 2. The van der Waals surface area contributed by atoms with Gasteiger partial charge in [0.25, 0.3) is 0 Å². The van der Waals surface area contributed by atoms with E-state index in [0.29, 0.717) is 0 Å². The lowest BCUT2D eigenvalue weighted by Gasteiger charge is -2.42.